The zero-order chi connectivity index (χ0) is 8.85. The second-order valence-corrected chi connectivity index (χ2v) is 2.85. The van der Waals surface area contributed by atoms with Crippen molar-refractivity contribution in [3.05, 3.63) is 12.7 Å². The largest absolute Gasteiger partial charge is 0.393 e. The van der Waals surface area contributed by atoms with Crippen molar-refractivity contribution in [2.75, 3.05) is 0 Å². The van der Waals surface area contributed by atoms with Gasteiger partial charge in [0, 0.05) is 5.92 Å². The number of hydrogen-bond donors (Lipinski definition) is 2. The molecule has 1 radical (unpaired) electrons. The second-order valence-electron chi connectivity index (χ2n) is 2.85. The van der Waals surface area contributed by atoms with E-state index in [1.807, 2.05) is 6.92 Å². The molecular weight excluding hydrogens is 140 g/mol. The molecule has 0 aromatic rings. The van der Waals surface area contributed by atoms with E-state index in [9.17, 15) is 10.2 Å². The molecule has 0 saturated carbocycles. The highest BCUT2D eigenvalue weighted by Crippen LogP contribution is 2.16. The molecule has 2 heteroatoms. The number of hydrogen-bond acceptors (Lipinski definition) is 2. The van der Waals surface area contributed by atoms with E-state index in [4.69, 9.17) is 6.58 Å². The highest BCUT2D eigenvalue weighted by Gasteiger charge is 2.20. The molecule has 0 aliphatic heterocycles. The fourth-order valence-corrected chi connectivity index (χ4v) is 1.25. The summed E-state index contributed by atoms with van der Waals surface area (Å²) < 4.78 is 0. The average molecular weight is 157 g/mol. The Hall–Kier alpha value is -0.340. The van der Waals surface area contributed by atoms with Crippen LogP contribution in [-0.4, -0.2) is 22.4 Å². The van der Waals surface area contributed by atoms with Crippen molar-refractivity contribution in [2.24, 2.45) is 5.92 Å². The summed E-state index contributed by atoms with van der Waals surface area (Å²) in [6, 6.07) is 0. The Morgan fingerprint density at radius 2 is 2.00 bits per heavy atom. The summed E-state index contributed by atoms with van der Waals surface area (Å²) in [5.74, 6) is -0.0604. The topological polar surface area (TPSA) is 40.5 Å². The summed E-state index contributed by atoms with van der Waals surface area (Å²) in [5.41, 5.74) is 0. The van der Waals surface area contributed by atoms with Crippen LogP contribution >= 0.6 is 0 Å². The van der Waals surface area contributed by atoms with Crippen molar-refractivity contribution in [1.29, 1.82) is 0 Å². The van der Waals surface area contributed by atoms with Gasteiger partial charge in [-0.15, -0.1) is 0 Å². The van der Waals surface area contributed by atoms with Crippen molar-refractivity contribution in [3.63, 3.8) is 0 Å². The first-order valence-electron chi connectivity index (χ1n) is 4.03. The van der Waals surface area contributed by atoms with Crippen molar-refractivity contribution in [3.8, 4) is 0 Å². The van der Waals surface area contributed by atoms with Crippen LogP contribution in [0.25, 0.3) is 0 Å². The maximum absolute atomic E-state index is 9.41. The Labute approximate surface area is 68.6 Å². The second kappa shape index (κ2) is 5.33. The maximum Gasteiger partial charge on any atom is 0.0627 e. The number of rotatable bonds is 5. The van der Waals surface area contributed by atoms with Crippen LogP contribution in [0.1, 0.15) is 26.7 Å². The first-order chi connectivity index (χ1) is 5.13. The molecule has 65 valence electrons. The lowest BCUT2D eigenvalue weighted by atomic mass is 9.92. The Balaban J connectivity index is 3.90. The van der Waals surface area contributed by atoms with Crippen LogP contribution in [0, 0.1) is 12.5 Å². The molecule has 3 atom stereocenters. The fourth-order valence-electron chi connectivity index (χ4n) is 1.25. The van der Waals surface area contributed by atoms with Gasteiger partial charge in [0.1, 0.15) is 0 Å². The smallest absolute Gasteiger partial charge is 0.0627 e. The highest BCUT2D eigenvalue weighted by molar-refractivity contribution is 4.78. The molecule has 11 heavy (non-hydrogen) atoms. The molecule has 0 saturated heterocycles. The van der Waals surface area contributed by atoms with Gasteiger partial charge in [0.25, 0.3) is 0 Å². The molecule has 0 bridgehead atoms. The van der Waals surface area contributed by atoms with Crippen LogP contribution in [0.5, 0.6) is 0 Å². The Morgan fingerprint density at radius 1 is 1.45 bits per heavy atom. The maximum atomic E-state index is 9.41. The summed E-state index contributed by atoms with van der Waals surface area (Å²) in [5, 5.41) is 18.6. The summed E-state index contributed by atoms with van der Waals surface area (Å²) in [7, 11) is 0. The predicted octanol–water partition coefficient (Wildman–Crippen LogP) is 1.13. The third-order valence-electron chi connectivity index (χ3n) is 1.96. The van der Waals surface area contributed by atoms with Gasteiger partial charge in [-0.1, -0.05) is 19.6 Å². The van der Waals surface area contributed by atoms with Gasteiger partial charge in [-0.2, -0.15) is 0 Å². The Kier molecular flexibility index (Phi) is 5.16. The molecule has 0 aromatic carbocycles. The standard InChI is InChI=1S/C9H17O2/c1-4-6-9(11)8(5-2)7(3)10/h1,4,7-11H,5-6H2,2-3H3. The van der Waals surface area contributed by atoms with E-state index in [0.29, 0.717) is 6.42 Å². The summed E-state index contributed by atoms with van der Waals surface area (Å²) in [6.07, 6.45) is 1.67. The van der Waals surface area contributed by atoms with Crippen LogP contribution in [0.3, 0.4) is 0 Å². The predicted molar refractivity (Wildman–Crippen MR) is 45.0 cm³/mol. The van der Waals surface area contributed by atoms with Gasteiger partial charge in [-0.25, -0.2) is 0 Å². The molecular formula is C9H17O2. The lowest BCUT2D eigenvalue weighted by Crippen LogP contribution is -2.28. The molecule has 3 unspecified atom stereocenters. The SMILES string of the molecule is [CH]=CCC(O)C(CC)C(C)O. The number of aliphatic hydroxyl groups is 2. The molecule has 0 rings (SSSR count). The third kappa shape index (κ3) is 3.54. The van der Waals surface area contributed by atoms with Crippen molar-refractivity contribution < 1.29 is 10.2 Å². The van der Waals surface area contributed by atoms with E-state index in [-0.39, 0.29) is 5.92 Å². The summed E-state index contributed by atoms with van der Waals surface area (Å²) in [4.78, 5) is 0. The van der Waals surface area contributed by atoms with Gasteiger partial charge in [-0.3, -0.25) is 0 Å². The van der Waals surface area contributed by atoms with Gasteiger partial charge in [0.05, 0.1) is 12.2 Å². The lowest BCUT2D eigenvalue weighted by Gasteiger charge is -2.22. The molecule has 0 aliphatic carbocycles. The quantitative estimate of drug-likeness (QED) is 0.628. The molecule has 0 spiro atoms. The third-order valence-corrected chi connectivity index (χ3v) is 1.96. The molecule has 0 aliphatic rings. The van der Waals surface area contributed by atoms with Gasteiger partial charge >= 0.3 is 0 Å². The van der Waals surface area contributed by atoms with Crippen LogP contribution in [0.2, 0.25) is 0 Å². The highest BCUT2D eigenvalue weighted by atomic mass is 16.3. The van der Waals surface area contributed by atoms with Crippen LogP contribution in [0.15, 0.2) is 6.08 Å². The molecule has 2 nitrogen and oxygen atoms in total. The Bertz CT molecular complexity index is 110. The van der Waals surface area contributed by atoms with E-state index in [1.54, 1.807) is 6.92 Å². The molecule has 0 fully saturated rings. The molecule has 0 aromatic heterocycles. The monoisotopic (exact) mass is 157 g/mol. The van der Waals surface area contributed by atoms with E-state index in [1.165, 1.54) is 6.08 Å². The molecule has 2 N–H and O–H groups in total. The van der Waals surface area contributed by atoms with Gasteiger partial charge in [0.15, 0.2) is 0 Å². The lowest BCUT2D eigenvalue weighted by molar-refractivity contribution is 0.0216. The zero-order valence-corrected chi connectivity index (χ0v) is 7.20. The van der Waals surface area contributed by atoms with Crippen LogP contribution in [0.4, 0.5) is 0 Å². The molecule has 0 amide bonds. The van der Waals surface area contributed by atoms with E-state index in [0.717, 1.165) is 6.42 Å². The number of aliphatic hydroxyl groups excluding tert-OH is 2. The average Bonchev–Trinajstić information content (AvgIpc) is 1.88. The van der Waals surface area contributed by atoms with E-state index in [2.05, 4.69) is 0 Å². The Morgan fingerprint density at radius 3 is 2.27 bits per heavy atom. The first-order valence-corrected chi connectivity index (χ1v) is 4.03. The summed E-state index contributed by atoms with van der Waals surface area (Å²) in [6.45, 7) is 8.79. The minimum atomic E-state index is -0.509. The van der Waals surface area contributed by atoms with Gasteiger partial charge < -0.3 is 10.2 Å². The van der Waals surface area contributed by atoms with Gasteiger partial charge in [-0.05, 0) is 19.8 Å². The minimum absolute atomic E-state index is 0.0604. The van der Waals surface area contributed by atoms with Crippen LogP contribution < -0.4 is 0 Å². The van der Waals surface area contributed by atoms with E-state index < -0.39 is 12.2 Å². The van der Waals surface area contributed by atoms with Crippen molar-refractivity contribution in [1.82, 2.24) is 0 Å². The van der Waals surface area contributed by atoms with Crippen molar-refractivity contribution in [2.45, 2.75) is 38.9 Å². The van der Waals surface area contributed by atoms with Crippen molar-refractivity contribution >= 4 is 0 Å². The van der Waals surface area contributed by atoms with Gasteiger partial charge in [0.2, 0.25) is 0 Å². The summed E-state index contributed by atoms with van der Waals surface area (Å²) >= 11 is 0. The zero-order valence-electron chi connectivity index (χ0n) is 7.20. The van der Waals surface area contributed by atoms with Crippen LogP contribution in [-0.2, 0) is 0 Å². The fraction of sp³-hybridized carbons (Fsp3) is 0.778. The minimum Gasteiger partial charge on any atom is -0.393 e. The first kappa shape index (κ1) is 10.7. The van der Waals surface area contributed by atoms with E-state index >= 15 is 0 Å². The normalized spacial score (nSPS) is 18.9. The molecule has 0 heterocycles.